The molecule has 0 bridgehead atoms. The van der Waals surface area contributed by atoms with Crippen LogP contribution >= 0.6 is 15.9 Å². The summed E-state index contributed by atoms with van der Waals surface area (Å²) in [7, 11) is 0. The molecule has 1 amide bonds. The Bertz CT molecular complexity index is 573. The van der Waals surface area contributed by atoms with E-state index in [0.717, 1.165) is 12.1 Å². The zero-order valence-corrected chi connectivity index (χ0v) is 12.0. The maximum atomic E-state index is 12.8. The Hall–Kier alpha value is -1.08. The lowest BCUT2D eigenvalue weighted by Gasteiger charge is -2.40. The average Bonchev–Trinajstić information content (AvgIpc) is 2.39. The molecular weight excluding hydrogens is 337 g/mol. The van der Waals surface area contributed by atoms with E-state index in [4.69, 9.17) is 0 Å². The van der Waals surface area contributed by atoms with Gasteiger partial charge in [0.25, 0.3) is 5.91 Å². The van der Waals surface area contributed by atoms with Gasteiger partial charge in [0, 0.05) is 35.7 Å². The first kappa shape index (κ1) is 13.9. The third kappa shape index (κ3) is 2.22. The Kier molecular flexibility index (Phi) is 3.29. The SMILES string of the molecule is O=C1c2cc(C(F)(F)F)cc(Br)c2CC2CNCCN12. The Morgan fingerprint density at radius 1 is 1.35 bits per heavy atom. The highest BCUT2D eigenvalue weighted by atomic mass is 79.9. The molecule has 1 aromatic rings. The topological polar surface area (TPSA) is 32.3 Å². The van der Waals surface area contributed by atoms with E-state index in [-0.39, 0.29) is 17.5 Å². The van der Waals surface area contributed by atoms with Crippen LogP contribution in [0, 0.1) is 0 Å². The zero-order chi connectivity index (χ0) is 14.5. The van der Waals surface area contributed by atoms with Crippen molar-refractivity contribution in [3.8, 4) is 0 Å². The van der Waals surface area contributed by atoms with Gasteiger partial charge in [-0.2, -0.15) is 13.2 Å². The highest BCUT2D eigenvalue weighted by Crippen LogP contribution is 2.37. The molecule has 1 unspecified atom stereocenters. The highest BCUT2D eigenvalue weighted by molar-refractivity contribution is 9.10. The first-order valence-corrected chi connectivity index (χ1v) is 7.08. The third-order valence-electron chi connectivity index (χ3n) is 3.80. The van der Waals surface area contributed by atoms with Crippen molar-refractivity contribution in [1.82, 2.24) is 10.2 Å². The van der Waals surface area contributed by atoms with Crippen molar-refractivity contribution in [2.24, 2.45) is 0 Å². The van der Waals surface area contributed by atoms with Gasteiger partial charge in [-0.25, -0.2) is 0 Å². The van der Waals surface area contributed by atoms with Crippen LogP contribution < -0.4 is 5.32 Å². The first-order valence-electron chi connectivity index (χ1n) is 6.29. The number of nitrogens with one attached hydrogen (secondary N) is 1. The summed E-state index contributed by atoms with van der Waals surface area (Å²) in [5.74, 6) is -0.301. The minimum atomic E-state index is -4.45. The second kappa shape index (κ2) is 4.73. The fourth-order valence-corrected chi connectivity index (χ4v) is 3.42. The molecule has 0 saturated carbocycles. The number of carbonyl (C=O) groups is 1. The van der Waals surface area contributed by atoms with Crippen molar-refractivity contribution in [2.45, 2.75) is 18.6 Å². The van der Waals surface area contributed by atoms with Gasteiger partial charge in [0.1, 0.15) is 0 Å². The molecule has 3 rings (SSSR count). The van der Waals surface area contributed by atoms with E-state index in [2.05, 4.69) is 21.2 Å². The summed E-state index contributed by atoms with van der Waals surface area (Å²) in [6.45, 7) is 1.90. The maximum absolute atomic E-state index is 12.8. The zero-order valence-electron chi connectivity index (χ0n) is 10.4. The minimum Gasteiger partial charge on any atom is -0.333 e. The van der Waals surface area contributed by atoms with Gasteiger partial charge in [-0.15, -0.1) is 0 Å². The quantitative estimate of drug-likeness (QED) is 0.780. The van der Waals surface area contributed by atoms with Crippen LogP contribution in [0.1, 0.15) is 21.5 Å². The molecule has 0 aromatic heterocycles. The Balaban J connectivity index is 2.09. The number of amides is 1. The van der Waals surface area contributed by atoms with Crippen molar-refractivity contribution >= 4 is 21.8 Å². The molecule has 1 saturated heterocycles. The molecule has 3 nitrogen and oxygen atoms in total. The van der Waals surface area contributed by atoms with E-state index in [1.807, 2.05) is 0 Å². The van der Waals surface area contributed by atoms with Gasteiger partial charge < -0.3 is 10.2 Å². The molecule has 1 aromatic carbocycles. The van der Waals surface area contributed by atoms with Gasteiger partial charge >= 0.3 is 6.18 Å². The molecular formula is C13H12BrF3N2O. The number of halogens is 4. The molecule has 0 aliphatic carbocycles. The van der Waals surface area contributed by atoms with Crippen molar-refractivity contribution in [1.29, 1.82) is 0 Å². The molecule has 108 valence electrons. The summed E-state index contributed by atoms with van der Waals surface area (Å²) in [5, 5.41) is 3.20. The lowest BCUT2D eigenvalue weighted by Crippen LogP contribution is -2.56. The summed E-state index contributed by atoms with van der Waals surface area (Å²) in [6, 6.07) is 2.05. The van der Waals surface area contributed by atoms with E-state index in [1.165, 1.54) is 0 Å². The third-order valence-corrected chi connectivity index (χ3v) is 4.51. The first-order chi connectivity index (χ1) is 9.38. The monoisotopic (exact) mass is 348 g/mol. The Morgan fingerprint density at radius 3 is 2.80 bits per heavy atom. The van der Waals surface area contributed by atoms with Crippen LogP contribution in [0.2, 0.25) is 0 Å². The van der Waals surface area contributed by atoms with Crippen LogP contribution in [0.5, 0.6) is 0 Å². The van der Waals surface area contributed by atoms with Crippen LogP contribution in [0.3, 0.4) is 0 Å². The van der Waals surface area contributed by atoms with Crippen molar-refractivity contribution in [3.05, 3.63) is 33.3 Å². The van der Waals surface area contributed by atoms with Crippen LogP contribution in [0.4, 0.5) is 13.2 Å². The van der Waals surface area contributed by atoms with Crippen LogP contribution in [-0.4, -0.2) is 36.5 Å². The van der Waals surface area contributed by atoms with Crippen LogP contribution in [-0.2, 0) is 12.6 Å². The second-order valence-corrected chi connectivity index (χ2v) is 5.90. The number of alkyl halides is 3. The number of carbonyl (C=O) groups excluding carboxylic acids is 1. The van der Waals surface area contributed by atoms with Gasteiger partial charge in [-0.1, -0.05) is 15.9 Å². The lowest BCUT2D eigenvalue weighted by molar-refractivity contribution is -0.137. The van der Waals surface area contributed by atoms with Crippen molar-refractivity contribution < 1.29 is 18.0 Å². The van der Waals surface area contributed by atoms with Gasteiger partial charge in [0.05, 0.1) is 5.56 Å². The van der Waals surface area contributed by atoms with Gasteiger partial charge in [0.15, 0.2) is 0 Å². The van der Waals surface area contributed by atoms with Crippen molar-refractivity contribution in [3.63, 3.8) is 0 Å². The maximum Gasteiger partial charge on any atom is 0.416 e. The average molecular weight is 349 g/mol. The minimum absolute atomic E-state index is 0.0248. The molecule has 2 heterocycles. The summed E-state index contributed by atoms with van der Waals surface area (Å²) in [6.07, 6.45) is -3.87. The summed E-state index contributed by atoms with van der Waals surface area (Å²) < 4.78 is 38.9. The van der Waals surface area contributed by atoms with E-state index in [9.17, 15) is 18.0 Å². The number of hydrogen-bond acceptors (Lipinski definition) is 2. The van der Waals surface area contributed by atoms with Gasteiger partial charge in [-0.3, -0.25) is 4.79 Å². The fraction of sp³-hybridized carbons (Fsp3) is 0.462. The Morgan fingerprint density at radius 2 is 2.10 bits per heavy atom. The molecule has 2 aliphatic rings. The lowest BCUT2D eigenvalue weighted by atomic mass is 9.90. The van der Waals surface area contributed by atoms with E-state index in [0.29, 0.717) is 36.1 Å². The summed E-state index contributed by atoms with van der Waals surface area (Å²) >= 11 is 3.18. The number of nitrogens with zero attached hydrogens (tertiary/aromatic N) is 1. The molecule has 1 fully saturated rings. The summed E-state index contributed by atoms with van der Waals surface area (Å²) in [4.78, 5) is 14.1. The standard InChI is InChI=1S/C13H12BrF3N2O/c14-11-4-7(13(15,16)17)3-10-9(11)5-8-6-18-1-2-19(8)12(10)20/h3-4,8,18H,1-2,5-6H2. The molecule has 0 radical (unpaired) electrons. The van der Waals surface area contributed by atoms with Gasteiger partial charge in [0.2, 0.25) is 0 Å². The highest BCUT2D eigenvalue weighted by Gasteiger charge is 2.38. The predicted octanol–water partition coefficient (Wildman–Crippen LogP) is 2.44. The largest absolute Gasteiger partial charge is 0.416 e. The van der Waals surface area contributed by atoms with Crippen molar-refractivity contribution in [2.75, 3.05) is 19.6 Å². The summed E-state index contributed by atoms with van der Waals surface area (Å²) in [5.41, 5.74) is 0.0582. The smallest absolute Gasteiger partial charge is 0.333 e. The number of hydrogen-bond donors (Lipinski definition) is 1. The number of rotatable bonds is 0. The second-order valence-electron chi connectivity index (χ2n) is 5.04. The molecule has 1 atom stereocenters. The molecule has 0 spiro atoms. The molecule has 20 heavy (non-hydrogen) atoms. The van der Waals surface area contributed by atoms with E-state index < -0.39 is 11.7 Å². The normalized spacial score (nSPS) is 22.5. The number of benzene rings is 1. The van der Waals surface area contributed by atoms with E-state index >= 15 is 0 Å². The van der Waals surface area contributed by atoms with Gasteiger partial charge in [-0.05, 0) is 24.1 Å². The van der Waals surface area contributed by atoms with E-state index in [1.54, 1.807) is 4.90 Å². The molecule has 7 heteroatoms. The van der Waals surface area contributed by atoms with Crippen LogP contribution in [0.15, 0.2) is 16.6 Å². The number of fused-ring (bicyclic) bond motifs is 2. The fourth-order valence-electron chi connectivity index (χ4n) is 2.80. The number of piperazine rings is 1. The molecule has 1 N–H and O–H groups in total. The van der Waals surface area contributed by atoms with Crippen LogP contribution in [0.25, 0.3) is 0 Å². The Labute approximate surface area is 122 Å². The molecule has 2 aliphatic heterocycles. The predicted molar refractivity (Wildman–Crippen MR) is 70.5 cm³/mol.